The van der Waals surface area contributed by atoms with Gasteiger partial charge in [-0.2, -0.15) is 0 Å². The first-order chi connectivity index (χ1) is 45.3. The molecule has 0 aliphatic heterocycles. The minimum atomic E-state index is -0.113. The first kappa shape index (κ1) is 58.3. The lowest BCUT2D eigenvalue weighted by atomic mass is 9.87. The molecule has 0 atom stereocenters. The van der Waals surface area contributed by atoms with Crippen LogP contribution in [0.5, 0.6) is 0 Å². The van der Waals surface area contributed by atoms with Crippen molar-refractivity contribution in [1.29, 1.82) is 0 Å². The topological polar surface area (TPSA) is 39.2 Å². The molecule has 2 heterocycles. The van der Waals surface area contributed by atoms with Gasteiger partial charge in [0.05, 0.1) is 33.2 Å². The number of anilines is 12. The fourth-order valence-electron chi connectivity index (χ4n) is 13.0. The summed E-state index contributed by atoms with van der Waals surface area (Å²) in [5.74, 6) is 0. The molecule has 0 fully saturated rings. The van der Waals surface area contributed by atoms with Crippen molar-refractivity contribution < 1.29 is 8.83 Å². The second-order valence-electron chi connectivity index (χ2n) is 25.9. The van der Waals surface area contributed by atoms with Gasteiger partial charge in [0.15, 0.2) is 0 Å². The molecular weight excluding hydrogens is 1160 g/mol. The largest absolute Gasteiger partial charge is 0.456 e. The summed E-state index contributed by atoms with van der Waals surface area (Å²) in [5.41, 5.74) is 20.9. The number of benzene rings is 13. The Hall–Kier alpha value is -11.1. The van der Waals surface area contributed by atoms with Crippen molar-refractivity contribution >= 4 is 124 Å². The highest BCUT2D eigenvalue weighted by atomic mass is 35.5. The maximum absolute atomic E-state index is 8.62. The molecule has 0 radical (unpaired) electrons. The third kappa shape index (κ3) is 11.2. The molecule has 6 nitrogen and oxygen atoms in total. The fraction of sp³-hybridized carbons (Fsp3) is 0.0930. The molecule has 2 aromatic heterocycles. The molecule has 0 N–H and O–H groups in total. The minimum absolute atomic E-state index is 0.0979. The van der Waals surface area contributed by atoms with Gasteiger partial charge in [0.25, 0.3) is 0 Å². The molecule has 0 saturated heterocycles. The van der Waals surface area contributed by atoms with Crippen molar-refractivity contribution in [3.05, 3.63) is 326 Å². The van der Waals surface area contributed by atoms with Crippen LogP contribution in [0.25, 0.3) is 66.1 Å². The van der Waals surface area contributed by atoms with E-state index < -0.39 is 0 Å². The Morgan fingerprint density at radius 3 is 1.27 bits per heavy atom. The van der Waals surface area contributed by atoms with Crippen LogP contribution in [0.1, 0.15) is 52.7 Å². The number of rotatable bonds is 14. The summed E-state index contributed by atoms with van der Waals surface area (Å²) >= 11 is 8.62. The van der Waals surface area contributed by atoms with E-state index in [9.17, 15) is 0 Å². The Kier molecular flexibility index (Phi) is 15.0. The average molecular weight is 1230 g/mol. The summed E-state index contributed by atoms with van der Waals surface area (Å²) < 4.78 is 13.2. The van der Waals surface area contributed by atoms with E-state index in [0.717, 1.165) is 134 Å². The van der Waals surface area contributed by atoms with Crippen LogP contribution in [0.15, 0.2) is 318 Å². The van der Waals surface area contributed by atoms with Crippen molar-refractivity contribution in [3.8, 4) is 22.3 Å². The molecule has 15 aromatic rings. The highest BCUT2D eigenvalue weighted by Gasteiger charge is 2.30. The fourth-order valence-corrected chi connectivity index (χ4v) is 13.3. The molecule has 0 amide bonds. The van der Waals surface area contributed by atoms with Gasteiger partial charge in [0.2, 0.25) is 0 Å². The lowest BCUT2D eigenvalue weighted by Gasteiger charge is -2.35. The Labute approximate surface area is 549 Å². The lowest BCUT2D eigenvalue weighted by molar-refractivity contribution is 0.590. The Balaban J connectivity index is 1.01. The van der Waals surface area contributed by atoms with Crippen LogP contribution in [0.4, 0.5) is 68.2 Å². The highest BCUT2D eigenvalue weighted by Crippen LogP contribution is 2.54. The molecule has 0 unspecified atom stereocenters. The van der Waals surface area contributed by atoms with Crippen LogP contribution < -0.4 is 19.6 Å². The van der Waals surface area contributed by atoms with Crippen LogP contribution in [0, 0.1) is 0 Å². The predicted molar refractivity (Wildman–Crippen MR) is 393 cm³/mol. The Bertz CT molecular complexity index is 5180. The minimum Gasteiger partial charge on any atom is -0.456 e. The van der Waals surface area contributed by atoms with E-state index in [0.29, 0.717) is 5.02 Å². The van der Waals surface area contributed by atoms with Crippen LogP contribution in [-0.2, 0) is 10.8 Å². The van der Waals surface area contributed by atoms with Gasteiger partial charge in [0, 0.05) is 61.7 Å². The molecule has 0 aliphatic carbocycles. The van der Waals surface area contributed by atoms with Crippen molar-refractivity contribution in [2.75, 3.05) is 19.6 Å². The summed E-state index contributed by atoms with van der Waals surface area (Å²) in [6.45, 7) is 13.6. The number of hydrogen-bond acceptors (Lipinski definition) is 6. The third-order valence-electron chi connectivity index (χ3n) is 17.8. The van der Waals surface area contributed by atoms with E-state index in [4.69, 9.17) is 20.4 Å². The van der Waals surface area contributed by atoms with Crippen LogP contribution >= 0.6 is 11.6 Å². The first-order valence-electron chi connectivity index (χ1n) is 31.8. The predicted octanol–water partition coefficient (Wildman–Crippen LogP) is 25.9. The van der Waals surface area contributed by atoms with Gasteiger partial charge >= 0.3 is 0 Å². The molecule has 452 valence electrons. The second kappa shape index (κ2) is 24.0. The molecule has 0 saturated carbocycles. The van der Waals surface area contributed by atoms with E-state index in [1.165, 1.54) is 11.1 Å². The van der Waals surface area contributed by atoms with E-state index in [-0.39, 0.29) is 10.8 Å². The van der Waals surface area contributed by atoms with Gasteiger partial charge in [-0.1, -0.05) is 229 Å². The first-order valence-corrected chi connectivity index (χ1v) is 32.2. The molecular formula is C86H69ClN4O2. The molecule has 15 rings (SSSR count). The molecule has 93 heavy (non-hydrogen) atoms. The number of hydrogen-bond donors (Lipinski definition) is 0. The molecule has 7 heteroatoms. The van der Waals surface area contributed by atoms with Crippen molar-refractivity contribution in [2.24, 2.45) is 0 Å². The smallest absolute Gasteiger partial charge is 0.137 e. The molecule has 0 aliphatic rings. The quantitative estimate of drug-likeness (QED) is 0.108. The number of para-hydroxylation sites is 3. The summed E-state index contributed by atoms with van der Waals surface area (Å²) in [7, 11) is 0. The van der Waals surface area contributed by atoms with Gasteiger partial charge < -0.3 is 28.4 Å². The number of furan rings is 2. The zero-order chi connectivity index (χ0) is 63.4. The zero-order valence-corrected chi connectivity index (χ0v) is 53.7. The highest BCUT2D eigenvalue weighted by molar-refractivity contribution is 6.37. The molecule has 0 spiro atoms. The van der Waals surface area contributed by atoms with Gasteiger partial charge in [-0.15, -0.1) is 0 Å². The van der Waals surface area contributed by atoms with Gasteiger partial charge in [0.1, 0.15) is 22.3 Å². The van der Waals surface area contributed by atoms with E-state index in [1.54, 1.807) is 0 Å². The third-order valence-corrected chi connectivity index (χ3v) is 18.2. The maximum atomic E-state index is 8.62. The maximum Gasteiger partial charge on any atom is 0.137 e. The van der Waals surface area contributed by atoms with Gasteiger partial charge in [-0.3, -0.25) is 0 Å². The summed E-state index contributed by atoms with van der Waals surface area (Å²) in [6.07, 6.45) is 0. The SMILES string of the molecule is CC(C)(C)c1ccc(N(c2cccc(N(c3cccc(-c4ccccc4)c3)c3ccc4oc5ccccc5c4c3)c2)c2cc(N(c3ccccc3)c3ccc(-c4ccccc4)cc3)cc(N(c3ccc(C(C)(C)C)cc3)c3cccc4oc5ccccc5c34)c2Cl)cc1. The standard InChI is InChI=1S/C86H69ClN4O2/c1-85(2,3)62-41-47-66(48-42-62)90(70-32-21-31-69(54-70)89(68-30-20-27-61(53-68)59-25-12-8-13-26-59)71-51-52-81-75(55-71)73-33-16-18-36-79(73)92-81)77-56-72(88(64-28-14-9-15-29-64)65-45-39-60(40-46-65)58-23-10-7-11-24-58)57-78(84(77)87)91(67-49-43-63(44-50-67)86(4,5)6)76-35-22-38-82-83(76)74-34-17-19-37-80(74)93-82/h7-57H,1-6H3. The average Bonchev–Trinajstić information content (AvgIpc) is 1.73. The lowest BCUT2D eigenvalue weighted by Crippen LogP contribution is -2.18. The van der Waals surface area contributed by atoms with Gasteiger partial charge in [-0.25, -0.2) is 0 Å². The van der Waals surface area contributed by atoms with Crippen LogP contribution in [0.3, 0.4) is 0 Å². The van der Waals surface area contributed by atoms with E-state index in [1.807, 2.05) is 24.3 Å². The number of halogens is 1. The Morgan fingerprint density at radius 1 is 0.247 bits per heavy atom. The van der Waals surface area contributed by atoms with Crippen LogP contribution in [0.2, 0.25) is 5.02 Å². The number of fused-ring (bicyclic) bond motifs is 6. The van der Waals surface area contributed by atoms with Crippen molar-refractivity contribution in [3.63, 3.8) is 0 Å². The van der Waals surface area contributed by atoms with Crippen LogP contribution in [-0.4, -0.2) is 0 Å². The van der Waals surface area contributed by atoms with E-state index >= 15 is 0 Å². The second-order valence-corrected chi connectivity index (χ2v) is 26.3. The normalized spacial score (nSPS) is 11.8. The zero-order valence-electron chi connectivity index (χ0n) is 52.9. The van der Waals surface area contributed by atoms with Crippen molar-refractivity contribution in [2.45, 2.75) is 52.4 Å². The molecule has 13 aromatic carbocycles. The van der Waals surface area contributed by atoms with Gasteiger partial charge in [-0.05, 0) is 178 Å². The Morgan fingerprint density at radius 2 is 0.634 bits per heavy atom. The summed E-state index contributed by atoms with van der Waals surface area (Å²) in [5, 5.41) is 4.62. The molecule has 0 bridgehead atoms. The van der Waals surface area contributed by atoms with E-state index in [2.05, 4.69) is 346 Å². The summed E-state index contributed by atoms with van der Waals surface area (Å²) in [4.78, 5) is 9.38. The monoisotopic (exact) mass is 1220 g/mol. The van der Waals surface area contributed by atoms with Crippen molar-refractivity contribution in [1.82, 2.24) is 0 Å². The number of nitrogens with zero attached hydrogens (tertiary/aromatic N) is 4. The summed E-state index contributed by atoms with van der Waals surface area (Å²) in [6, 6.07) is 110.